The molecule has 2 unspecified atom stereocenters. The van der Waals surface area contributed by atoms with Gasteiger partial charge in [-0.3, -0.25) is 4.79 Å². The number of nitrogens with zero attached hydrogens (tertiary/aromatic N) is 1. The maximum Gasteiger partial charge on any atom is 0.239 e. The molecule has 1 amide bonds. The number of likely N-dealkylation sites (N-methyl/N-ethyl adjacent to an activating group) is 1. The van der Waals surface area contributed by atoms with E-state index in [-0.39, 0.29) is 11.9 Å². The Labute approximate surface area is 118 Å². The van der Waals surface area contributed by atoms with Gasteiger partial charge in [0, 0.05) is 19.6 Å². The van der Waals surface area contributed by atoms with E-state index in [9.17, 15) is 4.79 Å². The molecule has 19 heavy (non-hydrogen) atoms. The molecule has 2 rings (SSSR count). The molecule has 3 heteroatoms. The second-order valence-corrected chi connectivity index (χ2v) is 7.59. The first-order valence-electron chi connectivity index (χ1n) is 7.73. The van der Waals surface area contributed by atoms with Crippen LogP contribution < -0.4 is 5.32 Å². The van der Waals surface area contributed by atoms with E-state index < -0.39 is 0 Å². The first-order valence-corrected chi connectivity index (χ1v) is 7.73. The summed E-state index contributed by atoms with van der Waals surface area (Å²) < 4.78 is 0. The maximum absolute atomic E-state index is 12.2. The van der Waals surface area contributed by atoms with Crippen LogP contribution in [0.25, 0.3) is 0 Å². The Balaban J connectivity index is 2.08. The van der Waals surface area contributed by atoms with Crippen molar-refractivity contribution in [2.24, 2.45) is 16.7 Å². The largest absolute Gasteiger partial charge is 0.345 e. The van der Waals surface area contributed by atoms with E-state index in [0.717, 1.165) is 12.5 Å². The Morgan fingerprint density at radius 1 is 1.42 bits per heavy atom. The summed E-state index contributed by atoms with van der Waals surface area (Å²) in [6.07, 6.45) is 3.99. The number of hydrogen-bond acceptors (Lipinski definition) is 2. The number of amides is 1. The van der Waals surface area contributed by atoms with Gasteiger partial charge in [-0.25, -0.2) is 0 Å². The second-order valence-electron chi connectivity index (χ2n) is 7.59. The molecule has 0 aromatic carbocycles. The van der Waals surface area contributed by atoms with Gasteiger partial charge >= 0.3 is 0 Å². The summed E-state index contributed by atoms with van der Waals surface area (Å²) in [5.41, 5.74) is 0.694. The van der Waals surface area contributed by atoms with Crippen molar-refractivity contribution < 1.29 is 4.79 Å². The number of hydrogen-bond donors (Lipinski definition) is 1. The van der Waals surface area contributed by atoms with E-state index in [1.54, 1.807) is 4.90 Å². The summed E-state index contributed by atoms with van der Waals surface area (Å²) in [7, 11) is 1.88. The SMILES string of the molecule is CCN(C)C(=O)C(C)NC1C(C)(C)[C@H]2CC[C@]1(C)C2. The average Bonchev–Trinajstić information content (AvgIpc) is 2.83. The van der Waals surface area contributed by atoms with Crippen LogP contribution in [0.1, 0.15) is 53.9 Å². The minimum atomic E-state index is -0.0783. The van der Waals surface area contributed by atoms with Crippen molar-refractivity contribution >= 4 is 5.91 Å². The van der Waals surface area contributed by atoms with Crippen LogP contribution in [0.3, 0.4) is 0 Å². The topological polar surface area (TPSA) is 32.3 Å². The number of nitrogens with one attached hydrogen (secondary N) is 1. The van der Waals surface area contributed by atoms with Crippen molar-refractivity contribution in [3.05, 3.63) is 0 Å². The fourth-order valence-electron chi connectivity index (χ4n) is 4.53. The molecule has 2 saturated carbocycles. The van der Waals surface area contributed by atoms with Gasteiger partial charge in [-0.05, 0) is 49.9 Å². The Bertz CT molecular complexity index is 361. The highest BCUT2D eigenvalue weighted by Crippen LogP contribution is 2.62. The van der Waals surface area contributed by atoms with Crippen LogP contribution in [-0.2, 0) is 4.79 Å². The van der Waals surface area contributed by atoms with E-state index in [1.165, 1.54) is 19.3 Å². The highest BCUT2D eigenvalue weighted by atomic mass is 16.2. The molecule has 2 aliphatic rings. The smallest absolute Gasteiger partial charge is 0.239 e. The molecule has 2 fully saturated rings. The van der Waals surface area contributed by atoms with Gasteiger partial charge in [0.25, 0.3) is 0 Å². The van der Waals surface area contributed by atoms with Gasteiger partial charge in [-0.2, -0.15) is 0 Å². The van der Waals surface area contributed by atoms with Gasteiger partial charge in [0.1, 0.15) is 0 Å². The number of rotatable bonds is 4. The second kappa shape index (κ2) is 4.76. The Hall–Kier alpha value is -0.570. The molecule has 0 saturated heterocycles. The molecule has 0 radical (unpaired) electrons. The number of carbonyl (C=O) groups excluding carboxylic acids is 1. The zero-order valence-electron chi connectivity index (χ0n) is 13.4. The van der Waals surface area contributed by atoms with E-state index in [4.69, 9.17) is 0 Å². The summed E-state index contributed by atoms with van der Waals surface area (Å²) in [4.78, 5) is 14.1. The molecule has 4 atom stereocenters. The van der Waals surface area contributed by atoms with E-state index in [0.29, 0.717) is 16.9 Å². The zero-order valence-corrected chi connectivity index (χ0v) is 13.4. The predicted molar refractivity (Wildman–Crippen MR) is 78.9 cm³/mol. The lowest BCUT2D eigenvalue weighted by atomic mass is 9.68. The minimum Gasteiger partial charge on any atom is -0.345 e. The zero-order chi connectivity index (χ0) is 14.4. The van der Waals surface area contributed by atoms with Crippen LogP contribution in [-0.4, -0.2) is 36.5 Å². The average molecular weight is 266 g/mol. The van der Waals surface area contributed by atoms with Crippen LogP contribution in [0.2, 0.25) is 0 Å². The van der Waals surface area contributed by atoms with Crippen molar-refractivity contribution in [1.82, 2.24) is 10.2 Å². The first-order chi connectivity index (χ1) is 8.72. The summed E-state index contributed by atoms with van der Waals surface area (Å²) >= 11 is 0. The minimum absolute atomic E-state index is 0.0783. The summed E-state index contributed by atoms with van der Waals surface area (Å²) in [6.45, 7) is 12.0. The first kappa shape index (κ1) is 14.8. The molecular formula is C16H30N2O. The third-order valence-electron chi connectivity index (χ3n) is 5.91. The molecule has 0 aromatic rings. The molecule has 0 spiro atoms. The summed E-state index contributed by atoms with van der Waals surface area (Å²) in [5, 5.41) is 3.66. The van der Waals surface area contributed by atoms with Gasteiger partial charge in [0.2, 0.25) is 5.91 Å². The molecule has 2 bridgehead atoms. The normalized spacial score (nSPS) is 37.4. The predicted octanol–water partition coefficient (Wildman–Crippen LogP) is 2.66. The molecule has 0 aromatic heterocycles. The van der Waals surface area contributed by atoms with Gasteiger partial charge in [0.15, 0.2) is 0 Å². The Kier molecular flexibility index (Phi) is 3.72. The van der Waals surface area contributed by atoms with Gasteiger partial charge in [0.05, 0.1) is 6.04 Å². The van der Waals surface area contributed by atoms with Crippen LogP contribution in [0.5, 0.6) is 0 Å². The van der Waals surface area contributed by atoms with E-state index >= 15 is 0 Å². The molecule has 1 N–H and O–H groups in total. The fourth-order valence-corrected chi connectivity index (χ4v) is 4.53. The van der Waals surface area contributed by atoms with Gasteiger partial charge in [-0.15, -0.1) is 0 Å². The number of fused-ring (bicyclic) bond motifs is 2. The lowest BCUT2D eigenvalue weighted by Gasteiger charge is -2.44. The van der Waals surface area contributed by atoms with Crippen molar-refractivity contribution in [2.75, 3.05) is 13.6 Å². The molecule has 2 aliphatic carbocycles. The molecule has 0 aliphatic heterocycles. The lowest BCUT2D eigenvalue weighted by molar-refractivity contribution is -0.132. The molecule has 3 nitrogen and oxygen atoms in total. The van der Waals surface area contributed by atoms with Crippen molar-refractivity contribution in [3.63, 3.8) is 0 Å². The van der Waals surface area contributed by atoms with Gasteiger partial charge < -0.3 is 10.2 Å². The standard InChI is InChI=1S/C16H30N2O/c1-7-18(6)13(19)11(2)17-14-15(3,4)12-8-9-16(14,5)10-12/h11-12,14,17H,7-10H2,1-6H3/t11?,12-,14?,16+/m0/s1. The van der Waals surface area contributed by atoms with E-state index in [2.05, 4.69) is 26.1 Å². The lowest BCUT2D eigenvalue weighted by Crippen LogP contribution is -2.56. The highest BCUT2D eigenvalue weighted by Gasteiger charge is 2.59. The van der Waals surface area contributed by atoms with Crippen LogP contribution in [0.15, 0.2) is 0 Å². The van der Waals surface area contributed by atoms with Crippen molar-refractivity contribution in [1.29, 1.82) is 0 Å². The van der Waals surface area contributed by atoms with Crippen LogP contribution in [0.4, 0.5) is 0 Å². The third kappa shape index (κ3) is 2.31. The molecular weight excluding hydrogens is 236 g/mol. The van der Waals surface area contributed by atoms with Crippen molar-refractivity contribution in [2.45, 2.75) is 66.0 Å². The summed E-state index contributed by atoms with van der Waals surface area (Å²) in [5.74, 6) is 1.03. The quantitative estimate of drug-likeness (QED) is 0.848. The Morgan fingerprint density at radius 2 is 2.05 bits per heavy atom. The van der Waals surface area contributed by atoms with Crippen molar-refractivity contribution in [3.8, 4) is 0 Å². The summed E-state index contributed by atoms with van der Waals surface area (Å²) in [6, 6.07) is 0.383. The fraction of sp³-hybridized carbons (Fsp3) is 0.938. The number of carbonyl (C=O) groups is 1. The van der Waals surface area contributed by atoms with Crippen LogP contribution in [0, 0.1) is 16.7 Å². The molecule has 110 valence electrons. The molecule has 0 heterocycles. The highest BCUT2D eigenvalue weighted by molar-refractivity contribution is 5.81. The Morgan fingerprint density at radius 3 is 2.53 bits per heavy atom. The maximum atomic E-state index is 12.2. The van der Waals surface area contributed by atoms with Gasteiger partial charge in [-0.1, -0.05) is 20.8 Å². The van der Waals surface area contributed by atoms with Crippen LogP contribution >= 0.6 is 0 Å². The van der Waals surface area contributed by atoms with E-state index in [1.807, 2.05) is 20.9 Å². The monoisotopic (exact) mass is 266 g/mol. The third-order valence-corrected chi connectivity index (χ3v) is 5.91.